The Morgan fingerprint density at radius 2 is 2.05 bits per heavy atom. The summed E-state index contributed by atoms with van der Waals surface area (Å²) in [6, 6.07) is 0. The molecule has 1 aliphatic rings. The minimum absolute atomic E-state index is 0.101. The molecule has 1 aromatic heterocycles. The van der Waals surface area contributed by atoms with Gasteiger partial charge in [-0.05, 0) is 43.9 Å². The first-order chi connectivity index (χ1) is 9.86. The van der Waals surface area contributed by atoms with Crippen molar-refractivity contribution >= 4 is 0 Å². The number of imidazole rings is 1. The predicted molar refractivity (Wildman–Crippen MR) is 86.1 cm³/mol. The summed E-state index contributed by atoms with van der Waals surface area (Å²) in [6.07, 6.45) is 8.48. The van der Waals surface area contributed by atoms with E-state index < -0.39 is 0 Å². The maximum atomic E-state index is 6.24. The number of aromatic nitrogens is 2. The number of rotatable bonds is 5. The summed E-state index contributed by atoms with van der Waals surface area (Å²) in [6.45, 7) is 11.3. The Morgan fingerprint density at radius 3 is 2.52 bits per heavy atom. The molecular formula is C17H31N3O. The van der Waals surface area contributed by atoms with Crippen LogP contribution in [-0.2, 0) is 11.3 Å². The van der Waals surface area contributed by atoms with E-state index >= 15 is 0 Å². The number of nitrogens with zero attached hydrogens (tertiary/aromatic N) is 2. The van der Waals surface area contributed by atoms with Gasteiger partial charge in [0, 0.05) is 25.5 Å². The molecule has 1 aliphatic carbocycles. The van der Waals surface area contributed by atoms with Crippen LogP contribution in [0.25, 0.3) is 0 Å². The van der Waals surface area contributed by atoms with Crippen LogP contribution in [0.1, 0.15) is 52.3 Å². The van der Waals surface area contributed by atoms with Gasteiger partial charge in [0.15, 0.2) is 0 Å². The summed E-state index contributed by atoms with van der Waals surface area (Å²) in [5, 5.41) is 0. The number of ether oxygens (including phenoxy) is 1. The fourth-order valence-electron chi connectivity index (χ4n) is 3.42. The highest BCUT2D eigenvalue weighted by Crippen LogP contribution is 2.42. The molecule has 2 N–H and O–H groups in total. The molecule has 0 spiro atoms. The summed E-state index contributed by atoms with van der Waals surface area (Å²) < 4.78 is 8.37. The molecule has 1 fully saturated rings. The van der Waals surface area contributed by atoms with Gasteiger partial charge >= 0.3 is 0 Å². The molecule has 120 valence electrons. The highest BCUT2D eigenvalue weighted by Gasteiger charge is 2.38. The van der Waals surface area contributed by atoms with Crippen molar-refractivity contribution in [1.82, 2.24) is 9.55 Å². The van der Waals surface area contributed by atoms with Crippen molar-refractivity contribution in [2.24, 2.45) is 17.1 Å². The quantitative estimate of drug-likeness (QED) is 0.907. The van der Waals surface area contributed by atoms with Gasteiger partial charge in [-0.3, -0.25) is 0 Å². The minimum atomic E-state index is -0.101. The molecule has 2 rings (SSSR count). The van der Waals surface area contributed by atoms with Crippen molar-refractivity contribution in [3.8, 4) is 0 Å². The van der Waals surface area contributed by atoms with E-state index in [2.05, 4.69) is 30.3 Å². The average Bonchev–Trinajstić information content (AvgIpc) is 2.84. The first-order valence-electron chi connectivity index (χ1n) is 8.18. The Hall–Kier alpha value is -0.870. The zero-order chi connectivity index (χ0) is 15.5. The van der Waals surface area contributed by atoms with Crippen LogP contribution in [0.15, 0.2) is 12.4 Å². The average molecular weight is 293 g/mol. The molecule has 0 aliphatic heterocycles. The second-order valence-corrected chi connectivity index (χ2v) is 7.54. The van der Waals surface area contributed by atoms with Crippen molar-refractivity contribution in [2.75, 3.05) is 13.2 Å². The van der Waals surface area contributed by atoms with Crippen molar-refractivity contribution in [3.05, 3.63) is 18.2 Å². The van der Waals surface area contributed by atoms with Crippen molar-refractivity contribution in [1.29, 1.82) is 0 Å². The largest absolute Gasteiger partial charge is 0.372 e. The Morgan fingerprint density at radius 1 is 1.38 bits per heavy atom. The lowest BCUT2D eigenvalue weighted by Gasteiger charge is -2.43. The Labute approximate surface area is 129 Å². The second kappa shape index (κ2) is 6.49. The van der Waals surface area contributed by atoms with Gasteiger partial charge in [0.25, 0.3) is 0 Å². The monoisotopic (exact) mass is 293 g/mol. The third kappa shape index (κ3) is 4.07. The van der Waals surface area contributed by atoms with Crippen LogP contribution in [0, 0.1) is 18.3 Å². The standard InChI is InChI=1S/C17H31N3O/c1-14-19-9-10-20(14)11-12-21-17(13-18)7-5-15(6-8-17)16(2,3)4/h9-10,15H,5-8,11-13,18H2,1-4H3. The highest BCUT2D eigenvalue weighted by atomic mass is 16.5. The van der Waals surface area contributed by atoms with Gasteiger partial charge in [-0.2, -0.15) is 0 Å². The van der Waals surface area contributed by atoms with Gasteiger partial charge in [-0.25, -0.2) is 4.98 Å². The molecule has 1 saturated carbocycles. The fourth-order valence-corrected chi connectivity index (χ4v) is 3.42. The first kappa shape index (κ1) is 16.5. The van der Waals surface area contributed by atoms with E-state index in [1.54, 1.807) is 0 Å². The van der Waals surface area contributed by atoms with Gasteiger partial charge in [0.05, 0.1) is 12.2 Å². The molecular weight excluding hydrogens is 262 g/mol. The molecule has 0 radical (unpaired) electrons. The Kier molecular flexibility index (Phi) is 5.10. The topological polar surface area (TPSA) is 53.1 Å². The summed E-state index contributed by atoms with van der Waals surface area (Å²) in [5.74, 6) is 1.83. The first-order valence-corrected chi connectivity index (χ1v) is 8.18. The molecule has 0 saturated heterocycles. The maximum Gasteiger partial charge on any atom is 0.105 e. The van der Waals surface area contributed by atoms with E-state index in [1.165, 1.54) is 12.8 Å². The summed E-state index contributed by atoms with van der Waals surface area (Å²) in [7, 11) is 0. The normalized spacial score (nSPS) is 27.0. The van der Waals surface area contributed by atoms with E-state index in [0.29, 0.717) is 18.6 Å². The molecule has 0 amide bonds. The zero-order valence-corrected chi connectivity index (χ0v) is 14.1. The summed E-state index contributed by atoms with van der Waals surface area (Å²) in [4.78, 5) is 4.24. The lowest BCUT2D eigenvalue weighted by Crippen LogP contribution is -2.46. The van der Waals surface area contributed by atoms with Gasteiger partial charge in [0.2, 0.25) is 0 Å². The van der Waals surface area contributed by atoms with E-state index in [0.717, 1.165) is 31.1 Å². The lowest BCUT2D eigenvalue weighted by molar-refractivity contribution is -0.0820. The molecule has 0 atom stereocenters. The fraction of sp³-hybridized carbons (Fsp3) is 0.824. The number of hydrogen-bond donors (Lipinski definition) is 1. The second-order valence-electron chi connectivity index (χ2n) is 7.54. The van der Waals surface area contributed by atoms with Crippen LogP contribution >= 0.6 is 0 Å². The molecule has 21 heavy (non-hydrogen) atoms. The van der Waals surface area contributed by atoms with E-state index in [4.69, 9.17) is 10.5 Å². The molecule has 4 nitrogen and oxygen atoms in total. The SMILES string of the molecule is Cc1nccn1CCOC1(CN)CCC(C(C)(C)C)CC1. The lowest BCUT2D eigenvalue weighted by atomic mass is 9.68. The van der Waals surface area contributed by atoms with Crippen LogP contribution in [0.5, 0.6) is 0 Å². The highest BCUT2D eigenvalue weighted by molar-refractivity contribution is 4.92. The third-order valence-electron chi connectivity index (χ3n) is 5.16. The zero-order valence-electron chi connectivity index (χ0n) is 14.1. The van der Waals surface area contributed by atoms with Gasteiger partial charge < -0.3 is 15.0 Å². The molecule has 0 unspecified atom stereocenters. The van der Waals surface area contributed by atoms with E-state index in [1.807, 2.05) is 19.3 Å². The summed E-state index contributed by atoms with van der Waals surface area (Å²) in [5.41, 5.74) is 6.33. The van der Waals surface area contributed by atoms with Gasteiger partial charge in [-0.1, -0.05) is 20.8 Å². The number of aryl methyl sites for hydroxylation is 1. The molecule has 0 aromatic carbocycles. The van der Waals surface area contributed by atoms with Gasteiger partial charge in [0.1, 0.15) is 5.82 Å². The Bertz CT molecular complexity index is 439. The van der Waals surface area contributed by atoms with Crippen molar-refractivity contribution < 1.29 is 4.74 Å². The number of hydrogen-bond acceptors (Lipinski definition) is 3. The third-order valence-corrected chi connectivity index (χ3v) is 5.16. The van der Waals surface area contributed by atoms with Crippen LogP contribution in [0.4, 0.5) is 0 Å². The van der Waals surface area contributed by atoms with Crippen LogP contribution in [0.3, 0.4) is 0 Å². The number of nitrogens with two attached hydrogens (primary N) is 1. The van der Waals surface area contributed by atoms with E-state index in [9.17, 15) is 0 Å². The molecule has 4 heteroatoms. The van der Waals surface area contributed by atoms with Crippen LogP contribution in [-0.4, -0.2) is 28.3 Å². The maximum absolute atomic E-state index is 6.24. The minimum Gasteiger partial charge on any atom is -0.372 e. The van der Waals surface area contributed by atoms with Crippen molar-refractivity contribution in [3.63, 3.8) is 0 Å². The molecule has 0 bridgehead atoms. The van der Waals surface area contributed by atoms with E-state index in [-0.39, 0.29) is 5.60 Å². The Balaban J connectivity index is 1.84. The van der Waals surface area contributed by atoms with Gasteiger partial charge in [-0.15, -0.1) is 0 Å². The smallest absolute Gasteiger partial charge is 0.105 e. The summed E-state index contributed by atoms with van der Waals surface area (Å²) >= 11 is 0. The van der Waals surface area contributed by atoms with Crippen LogP contribution in [0.2, 0.25) is 0 Å². The molecule has 1 heterocycles. The van der Waals surface area contributed by atoms with Crippen LogP contribution < -0.4 is 5.73 Å². The van der Waals surface area contributed by atoms with Crippen molar-refractivity contribution in [2.45, 2.75) is 65.5 Å². The molecule has 1 aromatic rings. The predicted octanol–water partition coefficient (Wildman–Crippen LogP) is 3.14.